The monoisotopic (exact) mass is 260 g/mol. The Balaban J connectivity index is 1.85. The summed E-state index contributed by atoms with van der Waals surface area (Å²) in [5, 5.41) is 16.8. The second kappa shape index (κ2) is 4.97. The molecule has 3 heterocycles. The number of pyridine rings is 1. The molecule has 0 aliphatic carbocycles. The van der Waals surface area contributed by atoms with Gasteiger partial charge in [0.25, 0.3) is 0 Å². The van der Waals surface area contributed by atoms with Crippen LogP contribution in [0.5, 0.6) is 5.75 Å². The Morgan fingerprint density at radius 1 is 1.37 bits per heavy atom. The summed E-state index contributed by atoms with van der Waals surface area (Å²) in [6.07, 6.45) is 2.19. The summed E-state index contributed by atoms with van der Waals surface area (Å²) in [5.74, 6) is 1.59. The lowest BCUT2D eigenvalue weighted by Gasteiger charge is -2.18. The molecule has 6 nitrogen and oxygen atoms in total. The zero-order valence-corrected chi connectivity index (χ0v) is 10.8. The van der Waals surface area contributed by atoms with E-state index in [4.69, 9.17) is 4.52 Å². The predicted molar refractivity (Wildman–Crippen MR) is 68.8 cm³/mol. The van der Waals surface area contributed by atoms with Crippen LogP contribution in [0, 0.1) is 6.92 Å². The minimum atomic E-state index is 0.170. The first-order valence-corrected chi connectivity index (χ1v) is 6.45. The molecule has 2 N–H and O–H groups in total. The van der Waals surface area contributed by atoms with Gasteiger partial charge in [0.2, 0.25) is 11.7 Å². The zero-order chi connectivity index (χ0) is 13.2. The molecule has 6 heteroatoms. The molecule has 3 rings (SSSR count). The van der Waals surface area contributed by atoms with Crippen LogP contribution in [0.4, 0.5) is 0 Å². The summed E-state index contributed by atoms with van der Waals surface area (Å²) in [6.45, 7) is 3.67. The normalized spacial score (nSPS) is 19.5. The summed E-state index contributed by atoms with van der Waals surface area (Å²) in [7, 11) is 0. The predicted octanol–water partition coefficient (Wildman–Crippen LogP) is 1.61. The molecule has 1 aliphatic heterocycles. The third-order valence-electron chi connectivity index (χ3n) is 3.37. The standard InChI is InChI=1S/C13H16N4O2/c1-8-11(18)5-4-10(15-8)12-16-13(19-17-12)9-3-2-6-14-7-9/h4-5,9,14,18H,2-3,6-7H2,1H3/t9-/m0/s1. The largest absolute Gasteiger partial charge is 0.506 e. The Morgan fingerprint density at radius 3 is 3.00 bits per heavy atom. The van der Waals surface area contributed by atoms with Crippen LogP contribution >= 0.6 is 0 Å². The number of rotatable bonds is 2. The second-order valence-electron chi connectivity index (χ2n) is 4.80. The van der Waals surface area contributed by atoms with Gasteiger partial charge in [-0.1, -0.05) is 5.16 Å². The van der Waals surface area contributed by atoms with Gasteiger partial charge in [0.15, 0.2) is 0 Å². The first kappa shape index (κ1) is 12.1. The van der Waals surface area contributed by atoms with Crippen molar-refractivity contribution in [3.8, 4) is 17.3 Å². The highest BCUT2D eigenvalue weighted by atomic mass is 16.5. The molecule has 1 atom stereocenters. The van der Waals surface area contributed by atoms with Crippen molar-refractivity contribution in [3.05, 3.63) is 23.7 Å². The van der Waals surface area contributed by atoms with E-state index >= 15 is 0 Å². The Hall–Kier alpha value is -1.95. The number of aromatic hydroxyl groups is 1. The van der Waals surface area contributed by atoms with Gasteiger partial charge in [0.1, 0.15) is 11.4 Å². The van der Waals surface area contributed by atoms with Gasteiger partial charge in [-0.2, -0.15) is 4.98 Å². The average molecular weight is 260 g/mol. The van der Waals surface area contributed by atoms with E-state index in [1.165, 1.54) is 0 Å². The number of aromatic nitrogens is 3. The third kappa shape index (κ3) is 2.44. The van der Waals surface area contributed by atoms with Crippen LogP contribution in [0.2, 0.25) is 0 Å². The van der Waals surface area contributed by atoms with E-state index in [2.05, 4.69) is 20.4 Å². The van der Waals surface area contributed by atoms with Crippen LogP contribution in [0.1, 0.15) is 30.3 Å². The van der Waals surface area contributed by atoms with E-state index < -0.39 is 0 Å². The van der Waals surface area contributed by atoms with Crippen molar-refractivity contribution in [3.63, 3.8) is 0 Å². The van der Waals surface area contributed by atoms with Gasteiger partial charge in [-0.3, -0.25) is 0 Å². The summed E-state index contributed by atoms with van der Waals surface area (Å²) in [6, 6.07) is 3.28. The van der Waals surface area contributed by atoms with Crippen molar-refractivity contribution >= 4 is 0 Å². The first-order chi connectivity index (χ1) is 9.24. The second-order valence-corrected chi connectivity index (χ2v) is 4.80. The van der Waals surface area contributed by atoms with Gasteiger partial charge >= 0.3 is 0 Å². The molecule has 100 valence electrons. The molecule has 2 aromatic rings. The smallest absolute Gasteiger partial charge is 0.231 e. The van der Waals surface area contributed by atoms with Crippen molar-refractivity contribution in [1.29, 1.82) is 0 Å². The zero-order valence-electron chi connectivity index (χ0n) is 10.8. The van der Waals surface area contributed by atoms with Crippen LogP contribution in [-0.4, -0.2) is 33.3 Å². The molecule has 0 unspecified atom stereocenters. The number of aryl methyl sites for hydroxylation is 1. The van der Waals surface area contributed by atoms with Gasteiger partial charge in [-0.15, -0.1) is 0 Å². The van der Waals surface area contributed by atoms with Crippen LogP contribution < -0.4 is 5.32 Å². The van der Waals surface area contributed by atoms with Crippen molar-refractivity contribution in [2.45, 2.75) is 25.7 Å². The lowest BCUT2D eigenvalue weighted by molar-refractivity contribution is 0.322. The summed E-state index contributed by atoms with van der Waals surface area (Å²) in [4.78, 5) is 8.66. The highest BCUT2D eigenvalue weighted by molar-refractivity contribution is 5.50. The van der Waals surface area contributed by atoms with Crippen molar-refractivity contribution in [2.24, 2.45) is 0 Å². The average Bonchev–Trinajstić information content (AvgIpc) is 2.93. The highest BCUT2D eigenvalue weighted by Crippen LogP contribution is 2.25. The fourth-order valence-corrected chi connectivity index (χ4v) is 2.25. The van der Waals surface area contributed by atoms with E-state index in [0.29, 0.717) is 23.1 Å². The van der Waals surface area contributed by atoms with Crippen molar-refractivity contribution in [2.75, 3.05) is 13.1 Å². The van der Waals surface area contributed by atoms with E-state index in [1.807, 2.05) is 0 Å². The van der Waals surface area contributed by atoms with Gasteiger partial charge in [0.05, 0.1) is 11.6 Å². The SMILES string of the molecule is Cc1nc(-c2noc([C@H]3CCCNC3)n2)ccc1O. The third-order valence-corrected chi connectivity index (χ3v) is 3.37. The summed E-state index contributed by atoms with van der Waals surface area (Å²) < 4.78 is 5.33. The molecule has 0 spiro atoms. The van der Waals surface area contributed by atoms with Gasteiger partial charge in [0, 0.05) is 6.54 Å². The molecule has 0 bridgehead atoms. The van der Waals surface area contributed by atoms with Gasteiger partial charge in [-0.25, -0.2) is 4.98 Å². The molecule has 0 radical (unpaired) electrons. The van der Waals surface area contributed by atoms with E-state index in [9.17, 15) is 5.11 Å². The molecule has 19 heavy (non-hydrogen) atoms. The number of nitrogens with one attached hydrogen (secondary N) is 1. The molecule has 1 fully saturated rings. The van der Waals surface area contributed by atoms with Crippen molar-refractivity contribution < 1.29 is 9.63 Å². The first-order valence-electron chi connectivity index (χ1n) is 6.45. The quantitative estimate of drug-likeness (QED) is 0.853. The maximum absolute atomic E-state index is 9.46. The topological polar surface area (TPSA) is 84.1 Å². The Labute approximate surface area is 110 Å². The Bertz CT molecular complexity index is 576. The highest BCUT2D eigenvalue weighted by Gasteiger charge is 2.22. The van der Waals surface area contributed by atoms with Crippen LogP contribution in [-0.2, 0) is 0 Å². The lowest BCUT2D eigenvalue weighted by Crippen LogP contribution is -2.28. The van der Waals surface area contributed by atoms with Gasteiger partial charge in [-0.05, 0) is 38.4 Å². The molecule has 0 aromatic carbocycles. The Morgan fingerprint density at radius 2 is 2.26 bits per heavy atom. The Kier molecular flexibility index (Phi) is 3.16. The molecule has 1 saturated heterocycles. The molecule has 0 amide bonds. The number of hydrogen-bond donors (Lipinski definition) is 2. The number of piperidine rings is 1. The molecular formula is C13H16N4O2. The van der Waals surface area contributed by atoms with Crippen molar-refractivity contribution in [1.82, 2.24) is 20.4 Å². The molecular weight excluding hydrogens is 244 g/mol. The molecule has 2 aromatic heterocycles. The van der Waals surface area contributed by atoms with Gasteiger partial charge < -0.3 is 14.9 Å². The molecule has 1 aliphatic rings. The minimum Gasteiger partial charge on any atom is -0.506 e. The van der Waals surface area contributed by atoms with Crippen LogP contribution in [0.15, 0.2) is 16.7 Å². The lowest BCUT2D eigenvalue weighted by atomic mass is 10.00. The van der Waals surface area contributed by atoms with Crippen LogP contribution in [0.3, 0.4) is 0 Å². The van der Waals surface area contributed by atoms with E-state index in [1.54, 1.807) is 19.1 Å². The fourth-order valence-electron chi connectivity index (χ4n) is 2.25. The van der Waals surface area contributed by atoms with Crippen LogP contribution in [0.25, 0.3) is 11.5 Å². The summed E-state index contributed by atoms with van der Waals surface area (Å²) in [5.41, 5.74) is 1.18. The number of hydrogen-bond acceptors (Lipinski definition) is 6. The summed E-state index contributed by atoms with van der Waals surface area (Å²) >= 11 is 0. The van der Waals surface area contributed by atoms with E-state index in [0.717, 1.165) is 25.9 Å². The maximum Gasteiger partial charge on any atom is 0.231 e. The van der Waals surface area contributed by atoms with E-state index in [-0.39, 0.29) is 11.7 Å². The molecule has 0 saturated carbocycles. The maximum atomic E-state index is 9.46. The fraction of sp³-hybridized carbons (Fsp3) is 0.462. The number of nitrogens with zero attached hydrogens (tertiary/aromatic N) is 3. The minimum absolute atomic E-state index is 0.170.